The second-order valence-corrected chi connectivity index (χ2v) is 6.50. The van der Waals surface area contributed by atoms with Gasteiger partial charge in [-0.2, -0.15) is 0 Å². The molecule has 4 heteroatoms. The fourth-order valence-corrected chi connectivity index (χ4v) is 3.91. The lowest BCUT2D eigenvalue weighted by Gasteiger charge is -2.26. The van der Waals surface area contributed by atoms with Crippen LogP contribution in [0.25, 0.3) is 0 Å². The van der Waals surface area contributed by atoms with Crippen molar-refractivity contribution < 1.29 is 14.3 Å². The van der Waals surface area contributed by atoms with Gasteiger partial charge in [-0.05, 0) is 32.2 Å². The van der Waals surface area contributed by atoms with Crippen LogP contribution in [0.3, 0.4) is 0 Å². The zero-order valence-electron chi connectivity index (χ0n) is 13.1. The number of hydrogen-bond donors (Lipinski definition) is 0. The largest absolute Gasteiger partial charge is 0.496 e. The second-order valence-electron chi connectivity index (χ2n) is 5.48. The molecule has 0 fully saturated rings. The molecule has 0 spiro atoms. The summed E-state index contributed by atoms with van der Waals surface area (Å²) in [6.45, 7) is 4.02. The number of carbonyl (C=O) groups excluding carboxylic acids is 1. The molecule has 22 heavy (non-hydrogen) atoms. The van der Waals surface area contributed by atoms with E-state index in [2.05, 4.69) is 0 Å². The van der Waals surface area contributed by atoms with E-state index in [0.717, 1.165) is 22.3 Å². The molecule has 1 atom stereocenters. The van der Waals surface area contributed by atoms with E-state index in [4.69, 9.17) is 9.47 Å². The predicted molar refractivity (Wildman–Crippen MR) is 88.8 cm³/mol. The maximum atomic E-state index is 12.8. The third kappa shape index (κ3) is 2.02. The number of aryl methyl sites for hydroxylation is 2. The zero-order valence-corrected chi connectivity index (χ0v) is 13.9. The van der Waals surface area contributed by atoms with Gasteiger partial charge in [-0.1, -0.05) is 35.4 Å². The van der Waals surface area contributed by atoms with E-state index in [9.17, 15) is 4.79 Å². The van der Waals surface area contributed by atoms with E-state index in [0.29, 0.717) is 11.5 Å². The van der Waals surface area contributed by atoms with Crippen molar-refractivity contribution in [1.82, 2.24) is 0 Å². The lowest BCUT2D eigenvalue weighted by atomic mass is 9.89. The third-order valence-electron chi connectivity index (χ3n) is 4.04. The molecule has 0 N–H and O–H groups in total. The highest BCUT2D eigenvalue weighted by Crippen LogP contribution is 2.53. The van der Waals surface area contributed by atoms with Gasteiger partial charge in [0.1, 0.15) is 11.5 Å². The van der Waals surface area contributed by atoms with Crippen LogP contribution in [-0.2, 0) is 9.54 Å². The molecule has 1 heterocycles. The Morgan fingerprint density at radius 3 is 2.32 bits per heavy atom. The van der Waals surface area contributed by atoms with Crippen molar-refractivity contribution in [1.29, 1.82) is 0 Å². The number of thioether (sulfide) groups is 1. The summed E-state index contributed by atoms with van der Waals surface area (Å²) < 4.78 is 10.2. The molecule has 2 aromatic rings. The molecule has 0 radical (unpaired) electrons. The lowest BCUT2D eigenvalue weighted by Crippen LogP contribution is -2.32. The van der Waals surface area contributed by atoms with Gasteiger partial charge in [-0.3, -0.25) is 0 Å². The van der Waals surface area contributed by atoms with E-state index >= 15 is 0 Å². The van der Waals surface area contributed by atoms with Gasteiger partial charge in [0.15, 0.2) is 4.75 Å². The van der Waals surface area contributed by atoms with Crippen LogP contribution in [0.5, 0.6) is 11.5 Å². The van der Waals surface area contributed by atoms with Crippen molar-refractivity contribution in [2.24, 2.45) is 0 Å². The highest BCUT2D eigenvalue weighted by Gasteiger charge is 2.52. The Morgan fingerprint density at radius 1 is 1.05 bits per heavy atom. The van der Waals surface area contributed by atoms with Crippen LogP contribution in [-0.4, -0.2) is 19.3 Å². The average Bonchev–Trinajstić information content (AvgIpc) is 2.79. The maximum Gasteiger partial charge on any atom is 0.337 e. The second kappa shape index (κ2) is 5.36. The minimum Gasteiger partial charge on any atom is -0.496 e. The molecule has 2 aromatic carbocycles. The third-order valence-corrected chi connectivity index (χ3v) is 5.26. The minimum absolute atomic E-state index is 0.260. The van der Waals surface area contributed by atoms with Crippen LogP contribution in [0.4, 0.5) is 0 Å². The highest BCUT2D eigenvalue weighted by molar-refractivity contribution is 8.00. The van der Waals surface area contributed by atoms with E-state index in [1.165, 1.54) is 11.8 Å². The SMILES string of the molecule is COc1ccc(C)cc1[C@@]1(SC)C(=O)Oc2ccc(C)cc21. The number of rotatable bonds is 3. The van der Waals surface area contributed by atoms with Gasteiger partial charge in [0.2, 0.25) is 0 Å². The standard InChI is InChI=1S/C18H18O3S/c1-11-5-7-15(20-3)13(9-11)18(22-4)14-10-12(2)6-8-16(14)21-17(18)19/h5-10H,1-4H3/t18-/m0/s1. The molecule has 0 amide bonds. The molecule has 0 aromatic heterocycles. The number of esters is 1. The Balaban J connectivity index is 2.33. The molecule has 0 saturated carbocycles. The topological polar surface area (TPSA) is 35.5 Å². The van der Waals surface area contributed by atoms with Gasteiger partial charge in [0.25, 0.3) is 0 Å². The van der Waals surface area contributed by atoms with Gasteiger partial charge < -0.3 is 9.47 Å². The molecule has 0 saturated heterocycles. The summed E-state index contributed by atoms with van der Waals surface area (Å²) in [6, 6.07) is 11.7. The van der Waals surface area contributed by atoms with E-state index < -0.39 is 4.75 Å². The van der Waals surface area contributed by atoms with E-state index in [-0.39, 0.29) is 5.97 Å². The molecule has 0 unspecified atom stereocenters. The fourth-order valence-electron chi connectivity index (χ4n) is 2.94. The maximum absolute atomic E-state index is 12.8. The first kappa shape index (κ1) is 15.0. The summed E-state index contributed by atoms with van der Waals surface area (Å²) in [7, 11) is 1.62. The van der Waals surface area contributed by atoms with Crippen molar-refractivity contribution >= 4 is 17.7 Å². The van der Waals surface area contributed by atoms with Crippen molar-refractivity contribution in [3.05, 3.63) is 58.7 Å². The smallest absolute Gasteiger partial charge is 0.337 e. The monoisotopic (exact) mass is 314 g/mol. The molecule has 3 nitrogen and oxygen atoms in total. The van der Waals surface area contributed by atoms with Crippen molar-refractivity contribution in [2.75, 3.05) is 13.4 Å². The number of hydrogen-bond acceptors (Lipinski definition) is 4. The first-order chi connectivity index (χ1) is 10.5. The van der Waals surface area contributed by atoms with Crippen LogP contribution < -0.4 is 9.47 Å². The zero-order chi connectivity index (χ0) is 15.9. The Morgan fingerprint density at radius 2 is 1.68 bits per heavy atom. The Bertz CT molecular complexity index is 754. The summed E-state index contributed by atoms with van der Waals surface area (Å²) in [5.74, 6) is 1.07. The average molecular weight is 314 g/mol. The molecule has 114 valence electrons. The summed E-state index contributed by atoms with van der Waals surface area (Å²) >= 11 is 1.48. The van der Waals surface area contributed by atoms with Crippen LogP contribution in [0.15, 0.2) is 36.4 Å². The summed E-state index contributed by atoms with van der Waals surface area (Å²) in [5, 5.41) is 0. The Kier molecular flexibility index (Phi) is 3.65. The number of methoxy groups -OCH3 is 1. The van der Waals surface area contributed by atoms with Gasteiger partial charge in [-0.25, -0.2) is 4.79 Å². The first-order valence-corrected chi connectivity index (χ1v) is 8.29. The van der Waals surface area contributed by atoms with Crippen molar-refractivity contribution in [2.45, 2.75) is 18.6 Å². The molecule has 0 aliphatic carbocycles. The Hall–Kier alpha value is -1.94. The van der Waals surface area contributed by atoms with Gasteiger partial charge >= 0.3 is 5.97 Å². The molecule has 0 bridgehead atoms. The van der Waals surface area contributed by atoms with E-state index in [1.54, 1.807) is 7.11 Å². The lowest BCUT2D eigenvalue weighted by molar-refractivity contribution is -0.134. The quantitative estimate of drug-likeness (QED) is 0.637. The summed E-state index contributed by atoms with van der Waals surface area (Å²) in [4.78, 5) is 12.8. The molecule has 3 rings (SSSR count). The van der Waals surface area contributed by atoms with Crippen LogP contribution in [0.1, 0.15) is 22.3 Å². The van der Waals surface area contributed by atoms with Crippen molar-refractivity contribution in [3.8, 4) is 11.5 Å². The number of ether oxygens (including phenoxy) is 2. The molecular weight excluding hydrogens is 296 g/mol. The highest BCUT2D eigenvalue weighted by atomic mass is 32.2. The number of carbonyl (C=O) groups is 1. The molecule has 1 aliphatic rings. The first-order valence-electron chi connectivity index (χ1n) is 7.06. The normalized spacial score (nSPS) is 19.7. The fraction of sp³-hybridized carbons (Fsp3) is 0.278. The van der Waals surface area contributed by atoms with Gasteiger partial charge in [0.05, 0.1) is 7.11 Å². The summed E-state index contributed by atoms with van der Waals surface area (Å²) in [5.41, 5.74) is 3.92. The van der Waals surface area contributed by atoms with Crippen LogP contribution in [0.2, 0.25) is 0 Å². The van der Waals surface area contributed by atoms with Crippen LogP contribution >= 0.6 is 11.8 Å². The molecule has 1 aliphatic heterocycles. The Labute approximate surface area is 134 Å². The van der Waals surface area contributed by atoms with Crippen molar-refractivity contribution in [3.63, 3.8) is 0 Å². The number of benzene rings is 2. The predicted octanol–water partition coefficient (Wildman–Crippen LogP) is 3.84. The van der Waals surface area contributed by atoms with E-state index in [1.807, 2.05) is 56.5 Å². The van der Waals surface area contributed by atoms with Gasteiger partial charge in [-0.15, -0.1) is 11.8 Å². The summed E-state index contributed by atoms with van der Waals surface area (Å²) in [6.07, 6.45) is 1.93. The minimum atomic E-state index is -0.876. The molecular formula is C18H18O3S. The van der Waals surface area contributed by atoms with Crippen LogP contribution in [0, 0.1) is 13.8 Å². The number of fused-ring (bicyclic) bond motifs is 1. The van der Waals surface area contributed by atoms with Gasteiger partial charge in [0, 0.05) is 11.1 Å².